The van der Waals surface area contributed by atoms with Gasteiger partial charge in [-0.1, -0.05) is 25.1 Å². The number of sulfonamides is 1. The third kappa shape index (κ3) is 2.96. The molecule has 0 N–H and O–H groups in total. The first-order chi connectivity index (χ1) is 8.94. The van der Waals surface area contributed by atoms with E-state index in [2.05, 4.69) is 6.92 Å². The van der Waals surface area contributed by atoms with Gasteiger partial charge in [-0.2, -0.15) is 9.57 Å². The lowest BCUT2D eigenvalue weighted by Crippen LogP contribution is -2.35. The Kier molecular flexibility index (Phi) is 3.93. The molecule has 2 unspecified atom stereocenters. The summed E-state index contributed by atoms with van der Waals surface area (Å²) in [4.78, 5) is 0. The Morgan fingerprint density at radius 2 is 2.05 bits per heavy atom. The standard InChI is InChI=1S/C14H18N2O2S/c1-11-7-12(2)16(9-11)19(17,18)10-14-6-4-3-5-13(14)8-15/h3-6,11-12H,7,9-10H2,1-2H3. The summed E-state index contributed by atoms with van der Waals surface area (Å²) < 4.78 is 26.5. The molecule has 5 heteroatoms. The van der Waals surface area contributed by atoms with Crippen LogP contribution in [0.15, 0.2) is 24.3 Å². The van der Waals surface area contributed by atoms with Crippen LogP contribution in [-0.4, -0.2) is 25.3 Å². The molecule has 0 radical (unpaired) electrons. The molecule has 2 atom stereocenters. The maximum Gasteiger partial charge on any atom is 0.218 e. The van der Waals surface area contributed by atoms with Crippen LogP contribution in [0.5, 0.6) is 0 Å². The summed E-state index contributed by atoms with van der Waals surface area (Å²) in [5.41, 5.74) is 1.02. The summed E-state index contributed by atoms with van der Waals surface area (Å²) in [7, 11) is -3.35. The molecule has 1 heterocycles. The van der Waals surface area contributed by atoms with Gasteiger partial charge in [0.05, 0.1) is 17.4 Å². The van der Waals surface area contributed by atoms with Crippen molar-refractivity contribution in [3.8, 4) is 6.07 Å². The lowest BCUT2D eigenvalue weighted by atomic mass is 10.1. The third-order valence-corrected chi connectivity index (χ3v) is 5.46. The minimum absolute atomic E-state index is 0.0502. The van der Waals surface area contributed by atoms with E-state index in [0.29, 0.717) is 23.6 Å². The molecule has 2 rings (SSSR count). The van der Waals surface area contributed by atoms with Crippen LogP contribution in [0.2, 0.25) is 0 Å². The molecule has 1 saturated heterocycles. The molecule has 1 aliphatic rings. The van der Waals surface area contributed by atoms with E-state index in [1.54, 1.807) is 28.6 Å². The van der Waals surface area contributed by atoms with Crippen LogP contribution in [0, 0.1) is 17.2 Å². The Morgan fingerprint density at radius 3 is 2.63 bits per heavy atom. The minimum Gasteiger partial charge on any atom is -0.212 e. The summed E-state index contributed by atoms with van der Waals surface area (Å²) in [6, 6.07) is 8.97. The van der Waals surface area contributed by atoms with E-state index >= 15 is 0 Å². The van der Waals surface area contributed by atoms with Gasteiger partial charge in [-0.05, 0) is 30.9 Å². The fourth-order valence-corrected chi connectivity index (χ4v) is 4.61. The van der Waals surface area contributed by atoms with E-state index in [1.807, 2.05) is 13.0 Å². The van der Waals surface area contributed by atoms with Crippen LogP contribution in [0.3, 0.4) is 0 Å². The highest BCUT2D eigenvalue weighted by Crippen LogP contribution is 2.27. The summed E-state index contributed by atoms with van der Waals surface area (Å²) in [5, 5.41) is 9.02. The normalized spacial score (nSPS) is 24.3. The molecule has 1 aliphatic heterocycles. The van der Waals surface area contributed by atoms with E-state index in [4.69, 9.17) is 5.26 Å². The molecule has 0 aromatic heterocycles. The van der Waals surface area contributed by atoms with Gasteiger partial charge in [-0.3, -0.25) is 0 Å². The van der Waals surface area contributed by atoms with Crippen LogP contribution in [-0.2, 0) is 15.8 Å². The second-order valence-electron chi connectivity index (χ2n) is 5.28. The molecule has 0 saturated carbocycles. The van der Waals surface area contributed by atoms with Crippen LogP contribution < -0.4 is 0 Å². The van der Waals surface area contributed by atoms with Crippen molar-refractivity contribution in [2.75, 3.05) is 6.54 Å². The molecule has 0 amide bonds. The Balaban J connectivity index is 2.25. The Hall–Kier alpha value is -1.38. The summed E-state index contributed by atoms with van der Waals surface area (Å²) in [5.74, 6) is 0.310. The molecule has 19 heavy (non-hydrogen) atoms. The van der Waals surface area contributed by atoms with Crippen molar-refractivity contribution >= 4 is 10.0 Å². The molecule has 0 aliphatic carbocycles. The molecule has 4 nitrogen and oxygen atoms in total. The van der Waals surface area contributed by atoms with E-state index < -0.39 is 10.0 Å². The van der Waals surface area contributed by atoms with Gasteiger partial charge < -0.3 is 0 Å². The van der Waals surface area contributed by atoms with Crippen molar-refractivity contribution in [3.63, 3.8) is 0 Å². The van der Waals surface area contributed by atoms with E-state index in [-0.39, 0.29) is 11.8 Å². The van der Waals surface area contributed by atoms with Crippen molar-refractivity contribution in [2.45, 2.75) is 32.1 Å². The van der Waals surface area contributed by atoms with Gasteiger partial charge in [0.15, 0.2) is 0 Å². The van der Waals surface area contributed by atoms with Gasteiger partial charge in [-0.25, -0.2) is 8.42 Å². The third-order valence-electron chi connectivity index (χ3n) is 3.56. The molecule has 1 aromatic rings. The minimum atomic E-state index is -3.35. The molecular formula is C14H18N2O2S. The molecule has 1 fully saturated rings. The van der Waals surface area contributed by atoms with Crippen molar-refractivity contribution in [2.24, 2.45) is 5.92 Å². The van der Waals surface area contributed by atoms with Crippen molar-refractivity contribution in [1.29, 1.82) is 5.26 Å². The zero-order chi connectivity index (χ0) is 14.0. The van der Waals surface area contributed by atoms with Gasteiger partial charge >= 0.3 is 0 Å². The number of hydrogen-bond acceptors (Lipinski definition) is 3. The quantitative estimate of drug-likeness (QED) is 0.851. The zero-order valence-corrected chi connectivity index (χ0v) is 12.0. The summed E-state index contributed by atoms with van der Waals surface area (Å²) in [6.07, 6.45) is 0.902. The highest BCUT2D eigenvalue weighted by Gasteiger charge is 2.35. The van der Waals surface area contributed by atoms with Crippen molar-refractivity contribution in [1.82, 2.24) is 4.31 Å². The van der Waals surface area contributed by atoms with Gasteiger partial charge in [0.2, 0.25) is 10.0 Å². The predicted molar refractivity (Wildman–Crippen MR) is 73.7 cm³/mol. The largest absolute Gasteiger partial charge is 0.218 e. The van der Waals surface area contributed by atoms with E-state index in [9.17, 15) is 8.42 Å². The zero-order valence-electron chi connectivity index (χ0n) is 11.2. The van der Waals surface area contributed by atoms with Gasteiger partial charge in [0.25, 0.3) is 0 Å². The summed E-state index contributed by atoms with van der Waals surface area (Å²) in [6.45, 7) is 4.59. The first-order valence-corrected chi connectivity index (χ1v) is 8.02. The fraction of sp³-hybridized carbons (Fsp3) is 0.500. The van der Waals surface area contributed by atoms with Crippen LogP contribution in [0.25, 0.3) is 0 Å². The van der Waals surface area contributed by atoms with Crippen molar-refractivity contribution < 1.29 is 8.42 Å². The molecule has 0 bridgehead atoms. The average molecular weight is 278 g/mol. The monoisotopic (exact) mass is 278 g/mol. The van der Waals surface area contributed by atoms with Gasteiger partial charge in [-0.15, -0.1) is 0 Å². The van der Waals surface area contributed by atoms with E-state index in [0.717, 1.165) is 6.42 Å². The summed E-state index contributed by atoms with van der Waals surface area (Å²) >= 11 is 0. The van der Waals surface area contributed by atoms with Crippen LogP contribution >= 0.6 is 0 Å². The number of benzene rings is 1. The number of nitrogens with zero attached hydrogens (tertiary/aromatic N) is 2. The highest BCUT2D eigenvalue weighted by atomic mass is 32.2. The lowest BCUT2D eigenvalue weighted by Gasteiger charge is -2.21. The molecule has 1 aromatic carbocycles. The average Bonchev–Trinajstić information content (AvgIpc) is 2.69. The Bertz CT molecular complexity index is 604. The highest BCUT2D eigenvalue weighted by molar-refractivity contribution is 7.88. The van der Waals surface area contributed by atoms with Crippen LogP contribution in [0.4, 0.5) is 0 Å². The Labute approximate surface area is 114 Å². The molecule has 0 spiro atoms. The second kappa shape index (κ2) is 5.32. The number of nitriles is 1. The maximum atomic E-state index is 12.4. The Morgan fingerprint density at radius 1 is 1.37 bits per heavy atom. The smallest absolute Gasteiger partial charge is 0.212 e. The van der Waals surface area contributed by atoms with Crippen molar-refractivity contribution in [3.05, 3.63) is 35.4 Å². The van der Waals surface area contributed by atoms with Gasteiger partial charge in [0.1, 0.15) is 0 Å². The number of rotatable bonds is 3. The molecule has 102 valence electrons. The predicted octanol–water partition coefficient (Wildman–Crippen LogP) is 2.12. The topological polar surface area (TPSA) is 61.2 Å². The number of hydrogen-bond donors (Lipinski definition) is 0. The fourth-order valence-electron chi connectivity index (χ4n) is 2.68. The first-order valence-electron chi connectivity index (χ1n) is 6.41. The van der Waals surface area contributed by atoms with Gasteiger partial charge in [0, 0.05) is 12.6 Å². The second-order valence-corrected chi connectivity index (χ2v) is 7.21. The van der Waals surface area contributed by atoms with E-state index in [1.165, 1.54) is 0 Å². The van der Waals surface area contributed by atoms with Crippen LogP contribution in [0.1, 0.15) is 31.4 Å². The first kappa shape index (κ1) is 14.0. The maximum absolute atomic E-state index is 12.4. The molecular weight excluding hydrogens is 260 g/mol. The lowest BCUT2D eigenvalue weighted by molar-refractivity contribution is 0.405. The SMILES string of the molecule is CC1CC(C)N(S(=O)(=O)Cc2ccccc2C#N)C1.